The van der Waals surface area contributed by atoms with Crippen LogP contribution < -0.4 is 4.90 Å². The molecule has 2 amide bonds. The van der Waals surface area contributed by atoms with E-state index in [1.165, 1.54) is 30.6 Å². The minimum atomic E-state index is -3.87. The Morgan fingerprint density at radius 2 is 1.55 bits per heavy atom. The lowest BCUT2D eigenvalue weighted by molar-refractivity contribution is 0.0429. The Morgan fingerprint density at radius 3 is 2.02 bits per heavy atom. The third-order valence-corrected chi connectivity index (χ3v) is 6.94. The van der Waals surface area contributed by atoms with E-state index in [0.717, 1.165) is 15.9 Å². The van der Waals surface area contributed by atoms with Crippen molar-refractivity contribution in [1.29, 1.82) is 5.26 Å². The van der Waals surface area contributed by atoms with Gasteiger partial charge in [0.05, 0.1) is 22.6 Å². The highest BCUT2D eigenvalue weighted by atomic mass is 32.2. The van der Waals surface area contributed by atoms with Crippen molar-refractivity contribution >= 4 is 28.0 Å². The fourth-order valence-electron chi connectivity index (χ4n) is 3.46. The van der Waals surface area contributed by atoms with Crippen LogP contribution >= 0.6 is 0 Å². The lowest BCUT2D eigenvalue weighted by Gasteiger charge is -2.28. The van der Waals surface area contributed by atoms with Gasteiger partial charge in [-0.2, -0.15) is 10.2 Å². The van der Waals surface area contributed by atoms with Gasteiger partial charge in [0, 0.05) is 12.4 Å². The highest BCUT2D eigenvalue weighted by Gasteiger charge is 2.33. The van der Waals surface area contributed by atoms with Gasteiger partial charge in [-0.1, -0.05) is 23.8 Å². The number of carbonyl (C=O) groups is 2. The van der Waals surface area contributed by atoms with Crippen molar-refractivity contribution in [2.24, 2.45) is 0 Å². The number of nitrogens with zero attached hydrogens (tertiary/aromatic N) is 5. The molecule has 12 heteroatoms. The first kappa shape index (κ1) is 30.3. The molecule has 3 aromatic rings. The van der Waals surface area contributed by atoms with E-state index in [9.17, 15) is 23.3 Å². The number of ether oxygens (including phenoxy) is 2. The molecule has 1 unspecified atom stereocenters. The van der Waals surface area contributed by atoms with Crippen LogP contribution in [0.15, 0.2) is 60.0 Å². The van der Waals surface area contributed by atoms with Crippen molar-refractivity contribution in [2.45, 2.75) is 76.9 Å². The average Bonchev–Trinajstić information content (AvgIpc) is 3.33. The normalized spacial score (nSPS) is 12.8. The number of aryl methyl sites for hydroxylation is 1. The van der Waals surface area contributed by atoms with Crippen molar-refractivity contribution in [3.8, 4) is 6.07 Å². The fraction of sp³-hybridized carbons (Fsp3) is 0.393. The number of rotatable bonds is 6. The Labute approximate surface area is 234 Å². The Balaban J connectivity index is 1.83. The monoisotopic (exact) mass is 567 g/mol. The summed E-state index contributed by atoms with van der Waals surface area (Å²) in [4.78, 5) is 34.9. The molecule has 0 aliphatic carbocycles. The van der Waals surface area contributed by atoms with Crippen LogP contribution in [-0.2, 0) is 25.9 Å². The smallest absolute Gasteiger partial charge is 0.425 e. The van der Waals surface area contributed by atoms with E-state index < -0.39 is 39.3 Å². The molecule has 212 valence electrons. The molecule has 0 fully saturated rings. The Kier molecular flexibility index (Phi) is 8.69. The zero-order valence-electron chi connectivity index (χ0n) is 23.6. The van der Waals surface area contributed by atoms with Gasteiger partial charge in [0.15, 0.2) is 0 Å². The lowest BCUT2D eigenvalue weighted by Crippen LogP contribution is -2.44. The van der Waals surface area contributed by atoms with E-state index in [1.807, 2.05) is 6.92 Å². The summed E-state index contributed by atoms with van der Waals surface area (Å²) in [5.41, 5.74) is 0.0575. The number of benzene rings is 1. The molecule has 11 nitrogen and oxygen atoms in total. The summed E-state index contributed by atoms with van der Waals surface area (Å²) in [6, 6.07) is 11.6. The van der Waals surface area contributed by atoms with Gasteiger partial charge in [0.1, 0.15) is 23.3 Å². The molecule has 3 rings (SSSR count). The van der Waals surface area contributed by atoms with Crippen molar-refractivity contribution in [3.63, 3.8) is 0 Å². The predicted molar refractivity (Wildman–Crippen MR) is 147 cm³/mol. The van der Waals surface area contributed by atoms with E-state index in [-0.39, 0.29) is 22.8 Å². The fourth-order valence-corrected chi connectivity index (χ4v) is 4.60. The molecule has 0 saturated carbocycles. The second-order valence-electron chi connectivity index (χ2n) is 11.2. The Morgan fingerprint density at radius 1 is 0.975 bits per heavy atom. The van der Waals surface area contributed by atoms with Crippen molar-refractivity contribution in [1.82, 2.24) is 13.9 Å². The quantitative estimate of drug-likeness (QED) is 0.385. The number of imidazole rings is 1. The molecule has 0 saturated heterocycles. The first-order valence-corrected chi connectivity index (χ1v) is 13.9. The van der Waals surface area contributed by atoms with Crippen LogP contribution in [0.1, 0.15) is 64.3 Å². The first-order valence-electron chi connectivity index (χ1n) is 12.5. The third kappa shape index (κ3) is 7.66. The van der Waals surface area contributed by atoms with E-state index in [1.54, 1.807) is 59.7 Å². The van der Waals surface area contributed by atoms with Crippen LogP contribution in [0, 0.1) is 18.3 Å². The number of imide groups is 1. The highest BCUT2D eigenvalue weighted by molar-refractivity contribution is 7.90. The standard InChI is InChI=1S/C28H33N5O6S/c1-19-8-11-22(12-9-19)40(36,37)32-17-23(31-18-32)21(15-29)14-20-10-13-24(30-16-20)33(25(34)38-27(2,3)4)26(35)39-28(5,6)7/h8-13,16-18,21H,14H2,1-7H3. The lowest BCUT2D eigenvalue weighted by atomic mass is 9.99. The van der Waals surface area contributed by atoms with Crippen LogP contribution in [0.2, 0.25) is 0 Å². The molecule has 40 heavy (non-hydrogen) atoms. The number of amides is 2. The van der Waals surface area contributed by atoms with Gasteiger partial charge >= 0.3 is 12.2 Å². The summed E-state index contributed by atoms with van der Waals surface area (Å²) in [5, 5.41) is 9.81. The SMILES string of the molecule is Cc1ccc(S(=O)(=O)n2cnc(C(C#N)Cc3ccc(N(C(=O)OC(C)(C)C)C(=O)OC(C)(C)C)nc3)c2)cc1. The minimum Gasteiger partial charge on any atom is -0.443 e. The maximum atomic E-state index is 13.0. The summed E-state index contributed by atoms with van der Waals surface area (Å²) in [6.45, 7) is 11.9. The maximum absolute atomic E-state index is 13.0. The first-order chi connectivity index (χ1) is 18.5. The largest absolute Gasteiger partial charge is 0.443 e. The Bertz CT molecular complexity index is 1480. The van der Waals surface area contributed by atoms with Gasteiger partial charge in [-0.3, -0.25) is 0 Å². The Hall–Kier alpha value is -4.24. The number of hydrogen-bond acceptors (Lipinski definition) is 9. The summed E-state index contributed by atoms with van der Waals surface area (Å²) < 4.78 is 37.7. The van der Waals surface area contributed by atoms with Gasteiger partial charge in [0.25, 0.3) is 10.0 Å². The molecule has 2 heterocycles. The van der Waals surface area contributed by atoms with Crippen molar-refractivity contribution < 1.29 is 27.5 Å². The highest BCUT2D eigenvalue weighted by Crippen LogP contribution is 2.24. The van der Waals surface area contributed by atoms with Crippen LogP contribution in [0.3, 0.4) is 0 Å². The number of anilines is 1. The third-order valence-electron chi connectivity index (χ3n) is 5.32. The second-order valence-corrected chi connectivity index (χ2v) is 13.0. The van der Waals surface area contributed by atoms with Gasteiger partial charge in [-0.25, -0.2) is 31.9 Å². The molecule has 1 aromatic carbocycles. The number of pyridine rings is 1. The van der Waals surface area contributed by atoms with Crippen molar-refractivity contribution in [3.05, 3.63) is 71.9 Å². The molecule has 0 spiro atoms. The number of aromatic nitrogens is 3. The minimum absolute atomic E-state index is 0.0192. The molecule has 0 N–H and O–H groups in total. The molecular formula is C28H33N5O6S. The average molecular weight is 568 g/mol. The van der Waals surface area contributed by atoms with Gasteiger partial charge in [0.2, 0.25) is 0 Å². The molecule has 0 aliphatic heterocycles. The van der Waals surface area contributed by atoms with E-state index in [4.69, 9.17) is 9.47 Å². The molecule has 0 bridgehead atoms. The predicted octanol–water partition coefficient (Wildman–Crippen LogP) is 5.35. The summed E-state index contributed by atoms with van der Waals surface area (Å²) in [7, 11) is -3.87. The van der Waals surface area contributed by atoms with Gasteiger partial charge in [-0.05, 0) is 78.6 Å². The van der Waals surface area contributed by atoms with E-state index >= 15 is 0 Å². The van der Waals surface area contributed by atoms with Crippen molar-refractivity contribution in [2.75, 3.05) is 4.90 Å². The number of hydrogen-bond donors (Lipinski definition) is 0. The van der Waals surface area contributed by atoms with Gasteiger partial charge in [-0.15, -0.1) is 0 Å². The molecule has 0 radical (unpaired) electrons. The van der Waals surface area contributed by atoms with Crippen LogP contribution in [0.4, 0.5) is 15.4 Å². The maximum Gasteiger partial charge on any atom is 0.425 e. The van der Waals surface area contributed by atoms with Crippen LogP contribution in [-0.4, -0.2) is 45.7 Å². The summed E-state index contributed by atoms with van der Waals surface area (Å²) in [5.74, 6) is -0.802. The summed E-state index contributed by atoms with van der Waals surface area (Å²) in [6.07, 6.45) is 2.16. The summed E-state index contributed by atoms with van der Waals surface area (Å²) >= 11 is 0. The van der Waals surface area contributed by atoms with E-state index in [0.29, 0.717) is 10.5 Å². The van der Waals surface area contributed by atoms with Crippen LogP contribution in [0.5, 0.6) is 0 Å². The number of nitriles is 1. The topological polar surface area (TPSA) is 144 Å². The zero-order valence-corrected chi connectivity index (χ0v) is 24.4. The van der Waals surface area contributed by atoms with Crippen LogP contribution in [0.25, 0.3) is 0 Å². The second kappa shape index (κ2) is 11.5. The van der Waals surface area contributed by atoms with Gasteiger partial charge < -0.3 is 9.47 Å². The molecule has 1 atom stereocenters. The van der Waals surface area contributed by atoms with E-state index in [2.05, 4.69) is 16.0 Å². The molecule has 0 aliphatic rings. The zero-order chi connectivity index (χ0) is 29.9. The molecular weight excluding hydrogens is 534 g/mol. The molecule has 2 aromatic heterocycles. The number of carbonyl (C=O) groups excluding carboxylic acids is 2.